The Hall–Kier alpha value is -2.83. The van der Waals surface area contributed by atoms with Gasteiger partial charge >= 0.3 is 5.97 Å². The number of esters is 1. The molecular formula is C16H16N2O5. The van der Waals surface area contributed by atoms with E-state index in [-0.39, 0.29) is 25.1 Å². The quantitative estimate of drug-likeness (QED) is 0.337. The highest BCUT2D eigenvalue weighted by molar-refractivity contribution is 5.88. The van der Waals surface area contributed by atoms with Gasteiger partial charge in [-0.25, -0.2) is 4.79 Å². The molecule has 0 saturated carbocycles. The highest BCUT2D eigenvalue weighted by Crippen LogP contribution is 2.29. The molecule has 0 heterocycles. The van der Waals surface area contributed by atoms with Crippen molar-refractivity contribution in [3.63, 3.8) is 0 Å². The smallest absolute Gasteiger partial charge is 0.334 e. The van der Waals surface area contributed by atoms with Crippen LogP contribution >= 0.6 is 0 Å². The van der Waals surface area contributed by atoms with Crippen LogP contribution in [0.1, 0.15) is 18.9 Å². The molecule has 1 unspecified atom stereocenters. The zero-order valence-corrected chi connectivity index (χ0v) is 12.6. The average Bonchev–Trinajstić information content (AvgIpc) is 2.55. The molecular weight excluding hydrogens is 300 g/mol. The summed E-state index contributed by atoms with van der Waals surface area (Å²) in [7, 11) is 0. The molecule has 0 aromatic heterocycles. The van der Waals surface area contributed by atoms with Crippen molar-refractivity contribution < 1.29 is 14.5 Å². The van der Waals surface area contributed by atoms with E-state index in [0.717, 1.165) is 10.8 Å². The summed E-state index contributed by atoms with van der Waals surface area (Å²) in [4.78, 5) is 33.3. The lowest BCUT2D eigenvalue weighted by molar-refractivity contribution is -0.385. The number of hydrogen-bond acceptors (Lipinski definition) is 6. The maximum Gasteiger partial charge on any atom is 0.334 e. The largest absolute Gasteiger partial charge is 0.464 e. The summed E-state index contributed by atoms with van der Waals surface area (Å²) in [6.45, 7) is 1.79. The van der Waals surface area contributed by atoms with Gasteiger partial charge in [-0.15, -0.1) is 4.91 Å². The number of carbonyl (C=O) groups excluding carboxylic acids is 1. The molecule has 2 aromatic rings. The molecule has 1 atom stereocenters. The van der Waals surface area contributed by atoms with Crippen molar-refractivity contribution in [2.75, 3.05) is 6.61 Å². The lowest BCUT2D eigenvalue weighted by atomic mass is 9.97. The van der Waals surface area contributed by atoms with Gasteiger partial charge in [0.15, 0.2) is 6.04 Å². The van der Waals surface area contributed by atoms with E-state index in [4.69, 9.17) is 4.74 Å². The second-order valence-corrected chi connectivity index (χ2v) is 4.95. The summed E-state index contributed by atoms with van der Waals surface area (Å²) < 4.78 is 4.78. The second kappa shape index (κ2) is 7.44. The Kier molecular flexibility index (Phi) is 5.35. The molecule has 2 rings (SSSR count). The van der Waals surface area contributed by atoms with Gasteiger partial charge in [0.1, 0.15) is 0 Å². The number of hydrogen-bond donors (Lipinski definition) is 0. The number of nitrogens with zero attached hydrogens (tertiary/aromatic N) is 2. The fourth-order valence-corrected chi connectivity index (χ4v) is 2.49. The van der Waals surface area contributed by atoms with Crippen LogP contribution in [0, 0.1) is 15.0 Å². The number of ether oxygens (including phenoxy) is 1. The van der Waals surface area contributed by atoms with Crippen molar-refractivity contribution >= 4 is 22.4 Å². The highest BCUT2D eigenvalue weighted by atomic mass is 16.6. The molecule has 7 heteroatoms. The highest BCUT2D eigenvalue weighted by Gasteiger charge is 2.23. The molecule has 2 aromatic carbocycles. The van der Waals surface area contributed by atoms with Gasteiger partial charge in [0.2, 0.25) is 0 Å². The lowest BCUT2D eigenvalue weighted by Crippen LogP contribution is -2.22. The minimum atomic E-state index is -1.16. The maximum absolute atomic E-state index is 11.6. The minimum Gasteiger partial charge on any atom is -0.464 e. The minimum absolute atomic E-state index is 0.0304. The summed E-state index contributed by atoms with van der Waals surface area (Å²) in [5.74, 6) is -0.703. The molecule has 0 aliphatic heterocycles. The van der Waals surface area contributed by atoms with Crippen molar-refractivity contribution in [1.82, 2.24) is 0 Å². The van der Waals surface area contributed by atoms with Crippen LogP contribution < -0.4 is 0 Å². The fraction of sp³-hybridized carbons (Fsp3) is 0.312. The van der Waals surface area contributed by atoms with Crippen LogP contribution in [-0.2, 0) is 16.0 Å². The Morgan fingerprint density at radius 1 is 1.30 bits per heavy atom. The van der Waals surface area contributed by atoms with Gasteiger partial charge in [0.25, 0.3) is 5.69 Å². The summed E-state index contributed by atoms with van der Waals surface area (Å²) in [5, 5.41) is 15.6. The van der Waals surface area contributed by atoms with E-state index in [0.29, 0.717) is 5.56 Å². The Balaban J connectivity index is 2.34. The fourth-order valence-electron chi connectivity index (χ4n) is 2.49. The van der Waals surface area contributed by atoms with Crippen LogP contribution in [0.25, 0.3) is 10.8 Å². The van der Waals surface area contributed by atoms with Gasteiger partial charge in [-0.05, 0) is 36.6 Å². The standard InChI is InChI=1S/C16H16N2O5/c1-2-23-16(19)14(17-20)9-8-13-12-6-4-3-5-11(12)7-10-15(13)18(21)22/h3-7,10,14H,2,8-9H2,1H3. The van der Waals surface area contributed by atoms with E-state index < -0.39 is 16.9 Å². The molecule has 0 aliphatic rings. The molecule has 23 heavy (non-hydrogen) atoms. The number of nitroso groups, excluding NO2 is 1. The molecule has 0 saturated heterocycles. The van der Waals surface area contributed by atoms with E-state index >= 15 is 0 Å². The third-order valence-electron chi connectivity index (χ3n) is 3.57. The first kappa shape index (κ1) is 16.5. The zero-order chi connectivity index (χ0) is 16.8. The summed E-state index contributed by atoms with van der Waals surface area (Å²) >= 11 is 0. The van der Waals surface area contributed by atoms with Gasteiger partial charge in [0, 0.05) is 11.6 Å². The topological polar surface area (TPSA) is 98.9 Å². The Bertz CT molecular complexity index is 744. The van der Waals surface area contributed by atoms with Crippen molar-refractivity contribution in [3.8, 4) is 0 Å². The first-order valence-corrected chi connectivity index (χ1v) is 7.22. The van der Waals surface area contributed by atoms with Gasteiger partial charge in [-0.3, -0.25) is 10.1 Å². The maximum atomic E-state index is 11.6. The van der Waals surface area contributed by atoms with E-state index in [1.807, 2.05) is 12.1 Å². The molecule has 0 fully saturated rings. The normalized spacial score (nSPS) is 11.9. The van der Waals surface area contributed by atoms with E-state index in [1.54, 1.807) is 25.1 Å². The lowest BCUT2D eigenvalue weighted by Gasteiger charge is -2.10. The third-order valence-corrected chi connectivity index (χ3v) is 3.57. The van der Waals surface area contributed by atoms with Crippen LogP contribution in [0.15, 0.2) is 41.6 Å². The van der Waals surface area contributed by atoms with Crippen molar-refractivity contribution in [3.05, 3.63) is 57.0 Å². The number of nitro groups is 1. The SMILES string of the molecule is CCOC(=O)C(CCc1c([N+](=O)[O-])ccc2ccccc12)N=O. The molecule has 0 N–H and O–H groups in total. The molecule has 120 valence electrons. The number of carbonyl (C=O) groups is 1. The second-order valence-electron chi connectivity index (χ2n) is 4.95. The molecule has 0 bridgehead atoms. The van der Waals surface area contributed by atoms with Crippen molar-refractivity contribution in [2.45, 2.75) is 25.8 Å². The predicted molar refractivity (Wildman–Crippen MR) is 85.1 cm³/mol. The molecule has 0 aliphatic carbocycles. The first-order valence-electron chi connectivity index (χ1n) is 7.22. The van der Waals surface area contributed by atoms with Gasteiger partial charge in [-0.1, -0.05) is 29.4 Å². The number of benzene rings is 2. The average molecular weight is 316 g/mol. The number of fused-ring (bicyclic) bond motifs is 1. The predicted octanol–water partition coefficient (Wildman–Crippen LogP) is 3.38. The van der Waals surface area contributed by atoms with E-state index in [2.05, 4.69) is 5.18 Å². The van der Waals surface area contributed by atoms with Crippen molar-refractivity contribution in [1.29, 1.82) is 0 Å². The number of aryl methyl sites for hydroxylation is 1. The van der Waals surface area contributed by atoms with Gasteiger partial charge in [-0.2, -0.15) is 0 Å². The molecule has 0 amide bonds. The van der Waals surface area contributed by atoms with Crippen molar-refractivity contribution in [2.24, 2.45) is 5.18 Å². The number of nitro benzene ring substituents is 1. The van der Waals surface area contributed by atoms with Crippen LogP contribution in [-0.4, -0.2) is 23.5 Å². The summed E-state index contributed by atoms with van der Waals surface area (Å²) in [5.41, 5.74) is 0.461. The van der Waals surface area contributed by atoms with E-state index in [1.165, 1.54) is 6.07 Å². The van der Waals surface area contributed by atoms with Crippen LogP contribution in [0.3, 0.4) is 0 Å². The monoisotopic (exact) mass is 316 g/mol. The van der Waals surface area contributed by atoms with Gasteiger partial charge in [0.05, 0.1) is 11.5 Å². The molecule has 0 spiro atoms. The third kappa shape index (κ3) is 3.68. The summed E-state index contributed by atoms with van der Waals surface area (Å²) in [6, 6.07) is 9.22. The van der Waals surface area contributed by atoms with E-state index in [9.17, 15) is 19.8 Å². The Labute approximate surface area is 132 Å². The first-order chi connectivity index (χ1) is 11.1. The van der Waals surface area contributed by atoms with Crippen LogP contribution in [0.4, 0.5) is 5.69 Å². The zero-order valence-electron chi connectivity index (χ0n) is 12.6. The van der Waals surface area contributed by atoms with Crippen LogP contribution in [0.5, 0.6) is 0 Å². The van der Waals surface area contributed by atoms with Gasteiger partial charge < -0.3 is 4.74 Å². The van der Waals surface area contributed by atoms with Crippen LogP contribution in [0.2, 0.25) is 0 Å². The molecule has 0 radical (unpaired) electrons. The Morgan fingerprint density at radius 3 is 2.70 bits per heavy atom. The molecule has 7 nitrogen and oxygen atoms in total. The number of rotatable bonds is 7. The Morgan fingerprint density at radius 2 is 2.04 bits per heavy atom. The summed E-state index contributed by atoms with van der Waals surface area (Å²) in [6.07, 6.45) is 0.254.